The van der Waals surface area contributed by atoms with Crippen LogP contribution < -0.4 is 0 Å². The van der Waals surface area contributed by atoms with E-state index in [2.05, 4.69) is 9.68 Å². The van der Waals surface area contributed by atoms with E-state index < -0.39 is 5.97 Å². The molecule has 0 fully saturated rings. The molecule has 17 heavy (non-hydrogen) atoms. The number of amides is 1. The summed E-state index contributed by atoms with van der Waals surface area (Å²) in [4.78, 5) is 24.2. The largest absolute Gasteiger partial charge is 0.475 e. The maximum Gasteiger partial charge on any atom is 0.374 e. The first-order valence-corrected chi connectivity index (χ1v) is 5.45. The maximum atomic E-state index is 12.0. The molecule has 0 atom stereocenters. The zero-order chi connectivity index (χ0) is 13.0. The molecule has 0 aliphatic carbocycles. The van der Waals surface area contributed by atoms with Gasteiger partial charge in [0.25, 0.3) is 5.91 Å². The molecule has 6 nitrogen and oxygen atoms in total. The van der Waals surface area contributed by atoms with E-state index in [1.165, 1.54) is 0 Å². The van der Waals surface area contributed by atoms with Crippen LogP contribution in [0.1, 0.15) is 41.8 Å². The summed E-state index contributed by atoms with van der Waals surface area (Å²) in [7, 11) is 0. The third kappa shape index (κ3) is 3.30. The quantitative estimate of drug-likeness (QED) is 0.842. The van der Waals surface area contributed by atoms with Crippen molar-refractivity contribution in [2.45, 2.75) is 20.8 Å². The Kier molecular flexibility index (Phi) is 4.25. The summed E-state index contributed by atoms with van der Waals surface area (Å²) >= 11 is 0. The standard InChI is InChI=1S/C11H16N2O4/c1-4-13(6-7(2)3)10(14)8-5-9(11(15)16)17-12-8/h5,7H,4,6H2,1-3H3,(H,15,16). The number of hydrogen-bond acceptors (Lipinski definition) is 4. The Balaban J connectivity index is 2.82. The van der Waals surface area contributed by atoms with Crippen LogP contribution in [0.5, 0.6) is 0 Å². The number of carboxylic acid groups (broad SMARTS) is 1. The Morgan fingerprint density at radius 3 is 2.59 bits per heavy atom. The average molecular weight is 240 g/mol. The Morgan fingerprint density at radius 2 is 2.18 bits per heavy atom. The van der Waals surface area contributed by atoms with Crippen LogP contribution in [0, 0.1) is 5.92 Å². The maximum absolute atomic E-state index is 12.0. The zero-order valence-electron chi connectivity index (χ0n) is 10.1. The molecule has 1 rings (SSSR count). The van der Waals surface area contributed by atoms with E-state index in [0.29, 0.717) is 19.0 Å². The number of carbonyl (C=O) groups excluding carboxylic acids is 1. The lowest BCUT2D eigenvalue weighted by molar-refractivity contribution is 0.0648. The summed E-state index contributed by atoms with van der Waals surface area (Å²) in [5, 5.41) is 12.1. The molecule has 6 heteroatoms. The van der Waals surface area contributed by atoms with Gasteiger partial charge in [0.05, 0.1) is 0 Å². The third-order valence-corrected chi connectivity index (χ3v) is 2.19. The van der Waals surface area contributed by atoms with Crippen molar-refractivity contribution in [2.24, 2.45) is 5.92 Å². The van der Waals surface area contributed by atoms with E-state index in [0.717, 1.165) is 6.07 Å². The summed E-state index contributed by atoms with van der Waals surface area (Å²) in [6.07, 6.45) is 0. The van der Waals surface area contributed by atoms with Crippen LogP contribution in [0.2, 0.25) is 0 Å². The Labute approximate surface area is 99.2 Å². The molecule has 0 aromatic carbocycles. The number of carboxylic acids is 1. The van der Waals surface area contributed by atoms with Crippen molar-refractivity contribution in [3.05, 3.63) is 17.5 Å². The van der Waals surface area contributed by atoms with Gasteiger partial charge in [-0.1, -0.05) is 19.0 Å². The number of carbonyl (C=O) groups is 2. The predicted octanol–water partition coefficient (Wildman–Crippen LogP) is 1.49. The molecule has 0 aliphatic heterocycles. The number of nitrogens with zero attached hydrogens (tertiary/aromatic N) is 2. The molecule has 1 N–H and O–H groups in total. The molecule has 1 aromatic rings. The normalized spacial score (nSPS) is 10.6. The molecular formula is C11H16N2O4. The van der Waals surface area contributed by atoms with Crippen molar-refractivity contribution in [2.75, 3.05) is 13.1 Å². The monoisotopic (exact) mass is 240 g/mol. The fourth-order valence-corrected chi connectivity index (χ4v) is 1.44. The lowest BCUT2D eigenvalue weighted by Crippen LogP contribution is -2.34. The van der Waals surface area contributed by atoms with Crippen LogP contribution in [0.25, 0.3) is 0 Å². The first-order valence-electron chi connectivity index (χ1n) is 5.45. The van der Waals surface area contributed by atoms with Crippen molar-refractivity contribution in [1.82, 2.24) is 10.1 Å². The lowest BCUT2D eigenvalue weighted by atomic mass is 10.2. The van der Waals surface area contributed by atoms with E-state index in [1.807, 2.05) is 20.8 Å². The third-order valence-electron chi connectivity index (χ3n) is 2.19. The van der Waals surface area contributed by atoms with Crippen LogP contribution in [0.3, 0.4) is 0 Å². The van der Waals surface area contributed by atoms with Crippen molar-refractivity contribution in [1.29, 1.82) is 0 Å². The summed E-state index contributed by atoms with van der Waals surface area (Å²) in [5.41, 5.74) is 0.0323. The molecule has 1 aromatic heterocycles. The molecular weight excluding hydrogens is 224 g/mol. The molecule has 0 unspecified atom stereocenters. The highest BCUT2D eigenvalue weighted by molar-refractivity contribution is 5.94. The van der Waals surface area contributed by atoms with Crippen LogP contribution >= 0.6 is 0 Å². The van der Waals surface area contributed by atoms with Gasteiger partial charge in [0.15, 0.2) is 5.69 Å². The van der Waals surface area contributed by atoms with Crippen LogP contribution in [0.15, 0.2) is 10.6 Å². The summed E-state index contributed by atoms with van der Waals surface area (Å²) in [5.74, 6) is -1.53. The van der Waals surface area contributed by atoms with Crippen molar-refractivity contribution in [3.63, 3.8) is 0 Å². The molecule has 1 heterocycles. The van der Waals surface area contributed by atoms with Gasteiger partial charge in [-0.2, -0.15) is 0 Å². The SMILES string of the molecule is CCN(CC(C)C)C(=O)c1cc(C(=O)O)on1. The predicted molar refractivity (Wildman–Crippen MR) is 59.9 cm³/mol. The summed E-state index contributed by atoms with van der Waals surface area (Å²) in [6.45, 7) is 7.01. The van der Waals surface area contributed by atoms with E-state index >= 15 is 0 Å². The Hall–Kier alpha value is -1.85. The molecule has 0 radical (unpaired) electrons. The van der Waals surface area contributed by atoms with Gasteiger partial charge in [-0.3, -0.25) is 4.79 Å². The lowest BCUT2D eigenvalue weighted by Gasteiger charge is -2.21. The van der Waals surface area contributed by atoms with Gasteiger partial charge < -0.3 is 14.5 Å². The van der Waals surface area contributed by atoms with Crippen LogP contribution in [-0.2, 0) is 0 Å². The van der Waals surface area contributed by atoms with E-state index in [1.54, 1.807) is 4.90 Å². The zero-order valence-corrected chi connectivity index (χ0v) is 10.1. The van der Waals surface area contributed by atoms with Crippen LogP contribution in [-0.4, -0.2) is 40.1 Å². The van der Waals surface area contributed by atoms with Crippen molar-refractivity contribution in [3.8, 4) is 0 Å². The Bertz CT molecular complexity index is 411. The fraction of sp³-hybridized carbons (Fsp3) is 0.545. The van der Waals surface area contributed by atoms with E-state index in [4.69, 9.17) is 5.11 Å². The number of aromatic carboxylic acids is 1. The minimum absolute atomic E-state index is 0.0323. The Morgan fingerprint density at radius 1 is 1.53 bits per heavy atom. The first kappa shape index (κ1) is 13.2. The molecule has 0 saturated heterocycles. The minimum atomic E-state index is -1.23. The van der Waals surface area contributed by atoms with Gasteiger partial charge in [-0.15, -0.1) is 0 Å². The number of rotatable bonds is 5. The second kappa shape index (κ2) is 5.47. The molecule has 0 spiro atoms. The second-order valence-corrected chi connectivity index (χ2v) is 4.12. The van der Waals surface area contributed by atoms with Crippen molar-refractivity contribution < 1.29 is 19.2 Å². The topological polar surface area (TPSA) is 83.6 Å². The first-order chi connectivity index (χ1) is 7.95. The highest BCUT2D eigenvalue weighted by atomic mass is 16.5. The van der Waals surface area contributed by atoms with Gasteiger partial charge in [-0.25, -0.2) is 4.79 Å². The van der Waals surface area contributed by atoms with Crippen LogP contribution in [0.4, 0.5) is 0 Å². The smallest absolute Gasteiger partial charge is 0.374 e. The molecule has 1 amide bonds. The fourth-order valence-electron chi connectivity index (χ4n) is 1.44. The van der Waals surface area contributed by atoms with Gasteiger partial charge >= 0.3 is 5.97 Å². The number of aromatic nitrogens is 1. The van der Waals surface area contributed by atoms with Gasteiger partial charge in [0.2, 0.25) is 5.76 Å². The van der Waals surface area contributed by atoms with Gasteiger partial charge in [0.1, 0.15) is 0 Å². The molecule has 0 saturated carbocycles. The van der Waals surface area contributed by atoms with Crippen molar-refractivity contribution >= 4 is 11.9 Å². The number of hydrogen-bond donors (Lipinski definition) is 1. The second-order valence-electron chi connectivity index (χ2n) is 4.12. The summed E-state index contributed by atoms with van der Waals surface area (Å²) < 4.78 is 4.55. The van der Waals surface area contributed by atoms with Gasteiger partial charge in [0, 0.05) is 19.2 Å². The molecule has 94 valence electrons. The van der Waals surface area contributed by atoms with E-state index in [9.17, 15) is 9.59 Å². The molecule has 0 bridgehead atoms. The average Bonchev–Trinajstić information content (AvgIpc) is 2.73. The minimum Gasteiger partial charge on any atom is -0.475 e. The highest BCUT2D eigenvalue weighted by Gasteiger charge is 2.21. The summed E-state index contributed by atoms with van der Waals surface area (Å²) in [6, 6.07) is 1.15. The van der Waals surface area contributed by atoms with Gasteiger partial charge in [-0.05, 0) is 12.8 Å². The van der Waals surface area contributed by atoms with E-state index in [-0.39, 0.29) is 17.4 Å². The highest BCUT2D eigenvalue weighted by Crippen LogP contribution is 2.09. The molecule has 0 aliphatic rings.